The van der Waals surface area contributed by atoms with Crippen LogP contribution in [0.3, 0.4) is 0 Å². The van der Waals surface area contributed by atoms with E-state index in [9.17, 15) is 22.8 Å². The van der Waals surface area contributed by atoms with Gasteiger partial charge in [0.1, 0.15) is 11.4 Å². The number of benzene rings is 1. The minimum absolute atomic E-state index is 0.0130. The van der Waals surface area contributed by atoms with Crippen molar-refractivity contribution in [1.29, 1.82) is 0 Å². The Morgan fingerprint density at radius 2 is 1.96 bits per heavy atom. The highest BCUT2D eigenvalue weighted by atomic mass is 32.2. The molecule has 1 aliphatic heterocycles. The molecule has 1 N–H and O–H groups in total. The fourth-order valence-corrected chi connectivity index (χ4v) is 3.70. The molecule has 8 nitrogen and oxygen atoms in total. The minimum atomic E-state index is -4.08. The monoisotopic (exact) mass is 354 g/mol. The van der Waals surface area contributed by atoms with Crippen LogP contribution in [0.2, 0.25) is 0 Å². The Kier molecular flexibility index (Phi) is 5.23. The molecule has 2 amide bonds. The van der Waals surface area contributed by atoms with Gasteiger partial charge in [0, 0.05) is 6.54 Å². The van der Waals surface area contributed by atoms with Crippen molar-refractivity contribution in [3.05, 3.63) is 29.8 Å². The van der Waals surface area contributed by atoms with Crippen molar-refractivity contribution in [2.75, 3.05) is 13.1 Å². The lowest BCUT2D eigenvalue weighted by Crippen LogP contribution is -2.40. The van der Waals surface area contributed by atoms with E-state index in [2.05, 4.69) is 5.32 Å². The number of hydrogen-bond donors (Lipinski definition) is 1. The molecule has 1 atom stereocenters. The van der Waals surface area contributed by atoms with Crippen molar-refractivity contribution in [2.24, 2.45) is 0 Å². The zero-order chi connectivity index (χ0) is 17.9. The number of carbonyl (C=O) groups is 3. The number of amides is 2. The first-order valence-corrected chi connectivity index (χ1v) is 8.86. The van der Waals surface area contributed by atoms with Crippen LogP contribution in [0.5, 0.6) is 0 Å². The normalized spacial score (nSPS) is 16.4. The summed E-state index contributed by atoms with van der Waals surface area (Å²) < 4.78 is 30.0. The standard InChI is InChI=1S/C15H18N2O6S/c1-3-8-16-14(19)10(2)23-13(18)9-17-15(20)11-6-4-5-7-12(11)24(17,21)22/h4-7,10H,3,8-9H2,1-2H3,(H,16,19). The van der Waals surface area contributed by atoms with E-state index in [1.807, 2.05) is 6.92 Å². The summed E-state index contributed by atoms with van der Waals surface area (Å²) in [5.74, 6) is -2.24. The van der Waals surface area contributed by atoms with E-state index in [1.165, 1.54) is 31.2 Å². The third-order valence-corrected chi connectivity index (χ3v) is 5.20. The number of esters is 1. The van der Waals surface area contributed by atoms with Crippen LogP contribution in [0.4, 0.5) is 0 Å². The maximum atomic E-state index is 12.3. The molecular formula is C15H18N2O6S. The van der Waals surface area contributed by atoms with Gasteiger partial charge in [0.25, 0.3) is 21.8 Å². The number of rotatable bonds is 6. The quantitative estimate of drug-likeness (QED) is 0.735. The van der Waals surface area contributed by atoms with Crippen LogP contribution in [-0.4, -0.2) is 49.7 Å². The lowest BCUT2D eigenvalue weighted by atomic mass is 10.2. The van der Waals surface area contributed by atoms with E-state index >= 15 is 0 Å². The van der Waals surface area contributed by atoms with E-state index in [1.54, 1.807) is 0 Å². The summed E-state index contributed by atoms with van der Waals surface area (Å²) in [5, 5.41) is 2.56. The summed E-state index contributed by atoms with van der Waals surface area (Å²) in [6.45, 7) is 2.91. The Hall–Kier alpha value is -2.42. The molecule has 24 heavy (non-hydrogen) atoms. The van der Waals surface area contributed by atoms with Gasteiger partial charge in [0.15, 0.2) is 6.10 Å². The highest BCUT2D eigenvalue weighted by molar-refractivity contribution is 7.90. The molecule has 2 rings (SSSR count). The molecule has 1 unspecified atom stereocenters. The SMILES string of the molecule is CCCNC(=O)C(C)OC(=O)CN1C(=O)c2ccccc2S1(=O)=O. The second kappa shape index (κ2) is 7.00. The maximum absolute atomic E-state index is 12.3. The third-order valence-electron chi connectivity index (χ3n) is 3.41. The first kappa shape index (κ1) is 17.9. The predicted octanol–water partition coefficient (Wildman–Crippen LogP) is 0.289. The van der Waals surface area contributed by atoms with Crippen LogP contribution in [0.1, 0.15) is 30.6 Å². The smallest absolute Gasteiger partial charge is 0.327 e. The zero-order valence-electron chi connectivity index (χ0n) is 13.3. The molecule has 9 heteroatoms. The van der Waals surface area contributed by atoms with Crippen LogP contribution >= 0.6 is 0 Å². The van der Waals surface area contributed by atoms with Crippen LogP contribution in [-0.2, 0) is 24.3 Å². The Balaban J connectivity index is 2.05. The van der Waals surface area contributed by atoms with E-state index in [-0.39, 0.29) is 10.5 Å². The largest absolute Gasteiger partial charge is 0.451 e. The number of fused-ring (bicyclic) bond motifs is 1. The minimum Gasteiger partial charge on any atom is -0.451 e. The summed E-state index contributed by atoms with van der Waals surface area (Å²) in [6.07, 6.45) is -0.350. The molecule has 0 aliphatic carbocycles. The number of nitrogens with one attached hydrogen (secondary N) is 1. The second-order valence-electron chi connectivity index (χ2n) is 5.24. The Morgan fingerprint density at radius 3 is 2.58 bits per heavy atom. The zero-order valence-corrected chi connectivity index (χ0v) is 14.1. The average molecular weight is 354 g/mol. The van der Waals surface area contributed by atoms with E-state index in [4.69, 9.17) is 4.74 Å². The molecule has 0 aromatic heterocycles. The van der Waals surface area contributed by atoms with Gasteiger partial charge in [-0.1, -0.05) is 19.1 Å². The lowest BCUT2D eigenvalue weighted by Gasteiger charge is -2.17. The van der Waals surface area contributed by atoms with Gasteiger partial charge >= 0.3 is 5.97 Å². The second-order valence-corrected chi connectivity index (χ2v) is 7.07. The number of nitrogens with zero attached hydrogens (tertiary/aromatic N) is 1. The van der Waals surface area contributed by atoms with Gasteiger partial charge in [-0.15, -0.1) is 0 Å². The molecule has 0 saturated heterocycles. The van der Waals surface area contributed by atoms with E-state index in [0.29, 0.717) is 10.8 Å². The molecule has 1 aromatic rings. The third kappa shape index (κ3) is 3.40. The van der Waals surface area contributed by atoms with Crippen molar-refractivity contribution >= 4 is 27.8 Å². The molecule has 1 aromatic carbocycles. The van der Waals surface area contributed by atoms with Crippen molar-refractivity contribution in [3.8, 4) is 0 Å². The first-order chi connectivity index (χ1) is 11.3. The first-order valence-electron chi connectivity index (χ1n) is 7.42. The predicted molar refractivity (Wildman–Crippen MR) is 83.5 cm³/mol. The van der Waals surface area contributed by atoms with E-state index < -0.39 is 40.5 Å². The van der Waals surface area contributed by atoms with Crippen LogP contribution < -0.4 is 5.32 Å². The molecule has 0 radical (unpaired) electrons. The fourth-order valence-electron chi connectivity index (χ4n) is 2.18. The highest BCUT2D eigenvalue weighted by Crippen LogP contribution is 2.29. The van der Waals surface area contributed by atoms with E-state index in [0.717, 1.165) is 6.42 Å². The molecule has 0 fully saturated rings. The van der Waals surface area contributed by atoms with Gasteiger partial charge in [-0.25, -0.2) is 12.7 Å². The highest BCUT2D eigenvalue weighted by Gasteiger charge is 2.42. The fraction of sp³-hybridized carbons (Fsp3) is 0.400. The molecule has 0 spiro atoms. The van der Waals surface area contributed by atoms with Crippen molar-refractivity contribution in [2.45, 2.75) is 31.3 Å². The number of hydrogen-bond acceptors (Lipinski definition) is 6. The number of sulfonamides is 1. The molecular weight excluding hydrogens is 336 g/mol. The van der Waals surface area contributed by atoms with Crippen LogP contribution in [0.15, 0.2) is 29.2 Å². The maximum Gasteiger partial charge on any atom is 0.327 e. The van der Waals surface area contributed by atoms with Gasteiger partial charge in [-0.05, 0) is 25.5 Å². The summed E-state index contributed by atoms with van der Waals surface area (Å²) >= 11 is 0. The summed E-state index contributed by atoms with van der Waals surface area (Å²) in [6, 6.07) is 5.70. The van der Waals surface area contributed by atoms with Crippen LogP contribution in [0.25, 0.3) is 0 Å². The lowest BCUT2D eigenvalue weighted by molar-refractivity contribution is -0.154. The molecule has 130 valence electrons. The molecule has 1 heterocycles. The average Bonchev–Trinajstić information content (AvgIpc) is 2.74. The molecule has 0 saturated carbocycles. The molecule has 1 aliphatic rings. The summed E-state index contributed by atoms with van der Waals surface area (Å²) in [5.41, 5.74) is 0.0130. The van der Waals surface area contributed by atoms with Gasteiger partial charge in [0.2, 0.25) is 0 Å². The topological polar surface area (TPSA) is 110 Å². The Bertz CT molecular complexity index is 774. The summed E-state index contributed by atoms with van der Waals surface area (Å²) in [4.78, 5) is 35.6. The Labute approximate surface area is 139 Å². The van der Waals surface area contributed by atoms with Crippen molar-refractivity contribution in [1.82, 2.24) is 9.62 Å². The molecule has 0 bridgehead atoms. The van der Waals surface area contributed by atoms with Crippen molar-refractivity contribution in [3.63, 3.8) is 0 Å². The van der Waals surface area contributed by atoms with Gasteiger partial charge < -0.3 is 10.1 Å². The van der Waals surface area contributed by atoms with Crippen LogP contribution in [0, 0.1) is 0 Å². The Morgan fingerprint density at radius 1 is 1.29 bits per heavy atom. The van der Waals surface area contributed by atoms with Gasteiger partial charge in [0.05, 0.1) is 5.56 Å². The van der Waals surface area contributed by atoms with Gasteiger partial charge in [-0.2, -0.15) is 0 Å². The van der Waals surface area contributed by atoms with Crippen molar-refractivity contribution < 1.29 is 27.5 Å². The number of carbonyl (C=O) groups excluding carboxylic acids is 3. The summed E-state index contributed by atoms with van der Waals surface area (Å²) in [7, 11) is -4.08. The number of ether oxygens (including phenoxy) is 1. The van der Waals surface area contributed by atoms with Gasteiger partial charge in [-0.3, -0.25) is 14.4 Å².